The van der Waals surface area contributed by atoms with Crippen molar-refractivity contribution in [3.8, 4) is 5.75 Å². The highest BCUT2D eigenvalue weighted by Crippen LogP contribution is 2.17. The summed E-state index contributed by atoms with van der Waals surface area (Å²) >= 11 is 1.02. The molecule has 0 spiro atoms. The number of hydrogen-bond donors (Lipinski definition) is 1. The van der Waals surface area contributed by atoms with Crippen LogP contribution >= 0.6 is 11.8 Å². The Morgan fingerprint density at radius 1 is 1.50 bits per heavy atom. The van der Waals surface area contributed by atoms with E-state index in [0.29, 0.717) is 5.75 Å². The van der Waals surface area contributed by atoms with Gasteiger partial charge in [-0.3, -0.25) is 14.9 Å². The minimum atomic E-state index is -0.755. The molecular formula is C11H13NO5S. The van der Waals surface area contributed by atoms with Gasteiger partial charge in [-0.15, -0.1) is 0 Å². The van der Waals surface area contributed by atoms with Crippen molar-refractivity contribution in [1.82, 2.24) is 0 Å². The standard InChI is InChI=1S/C11H13NO5S/c1-8(13)18-7-10(14)6-17-11-4-2-9(3-5-11)12(15)16/h2-5,10,14H,6-7H2,1H3. The maximum Gasteiger partial charge on any atom is 0.269 e. The molecule has 0 saturated heterocycles. The highest BCUT2D eigenvalue weighted by Gasteiger charge is 2.08. The van der Waals surface area contributed by atoms with Crippen LogP contribution in [0.2, 0.25) is 0 Å². The number of benzene rings is 1. The fraction of sp³-hybridized carbons (Fsp3) is 0.364. The average Bonchev–Trinajstić information content (AvgIpc) is 2.34. The molecule has 0 aliphatic heterocycles. The van der Waals surface area contributed by atoms with Crippen LogP contribution in [0.5, 0.6) is 5.75 Å². The van der Waals surface area contributed by atoms with E-state index in [1.807, 2.05) is 0 Å². The first-order valence-electron chi connectivity index (χ1n) is 5.17. The molecule has 0 fully saturated rings. The van der Waals surface area contributed by atoms with E-state index in [1.54, 1.807) is 0 Å². The summed E-state index contributed by atoms with van der Waals surface area (Å²) in [5, 5.41) is 19.8. The van der Waals surface area contributed by atoms with Crippen LogP contribution in [-0.2, 0) is 4.79 Å². The third-order valence-corrected chi connectivity index (χ3v) is 2.93. The molecule has 1 atom stereocenters. The van der Waals surface area contributed by atoms with Crippen molar-refractivity contribution in [2.75, 3.05) is 12.4 Å². The zero-order valence-corrected chi connectivity index (χ0v) is 10.6. The second-order valence-corrected chi connectivity index (χ2v) is 4.72. The molecule has 0 aliphatic rings. The van der Waals surface area contributed by atoms with E-state index in [2.05, 4.69) is 0 Å². The Morgan fingerprint density at radius 2 is 2.11 bits per heavy atom. The number of aliphatic hydroxyl groups excluding tert-OH is 1. The quantitative estimate of drug-likeness (QED) is 0.624. The summed E-state index contributed by atoms with van der Waals surface area (Å²) in [6.07, 6.45) is -0.755. The van der Waals surface area contributed by atoms with Crippen LogP contribution < -0.4 is 4.74 Å². The number of thioether (sulfide) groups is 1. The Kier molecular flexibility index (Phi) is 5.60. The smallest absolute Gasteiger partial charge is 0.269 e. The van der Waals surface area contributed by atoms with E-state index in [1.165, 1.54) is 31.2 Å². The minimum absolute atomic E-state index is 0.0185. The van der Waals surface area contributed by atoms with Gasteiger partial charge in [0.2, 0.25) is 0 Å². The molecule has 0 aliphatic carbocycles. The molecule has 0 bridgehead atoms. The second kappa shape index (κ2) is 6.97. The van der Waals surface area contributed by atoms with Gasteiger partial charge in [-0.25, -0.2) is 0 Å². The van der Waals surface area contributed by atoms with Gasteiger partial charge in [0.15, 0.2) is 5.12 Å². The van der Waals surface area contributed by atoms with E-state index in [-0.39, 0.29) is 23.2 Å². The van der Waals surface area contributed by atoms with Crippen molar-refractivity contribution in [1.29, 1.82) is 0 Å². The lowest BCUT2D eigenvalue weighted by atomic mass is 10.3. The number of non-ortho nitro benzene ring substituents is 1. The summed E-state index contributed by atoms with van der Waals surface area (Å²) in [7, 11) is 0. The Bertz CT molecular complexity index is 420. The van der Waals surface area contributed by atoms with Crippen LogP contribution in [0.4, 0.5) is 5.69 Å². The molecule has 0 heterocycles. The fourth-order valence-electron chi connectivity index (χ4n) is 1.12. The van der Waals surface area contributed by atoms with Crippen molar-refractivity contribution in [2.24, 2.45) is 0 Å². The average molecular weight is 271 g/mol. The maximum atomic E-state index is 10.7. The molecule has 7 heteroatoms. The first-order chi connectivity index (χ1) is 8.49. The number of hydrogen-bond acceptors (Lipinski definition) is 6. The molecule has 0 radical (unpaired) electrons. The number of carbonyl (C=O) groups excluding carboxylic acids is 1. The molecule has 0 aromatic heterocycles. The summed E-state index contributed by atoms with van der Waals surface area (Å²) < 4.78 is 5.24. The lowest BCUT2D eigenvalue weighted by Gasteiger charge is -2.10. The van der Waals surface area contributed by atoms with E-state index < -0.39 is 11.0 Å². The Balaban J connectivity index is 2.39. The first-order valence-corrected chi connectivity index (χ1v) is 6.16. The van der Waals surface area contributed by atoms with Crippen LogP contribution in [0.1, 0.15) is 6.92 Å². The number of carbonyl (C=O) groups is 1. The van der Waals surface area contributed by atoms with Crippen molar-refractivity contribution < 1.29 is 19.6 Å². The molecule has 1 N–H and O–H groups in total. The van der Waals surface area contributed by atoms with Crippen LogP contribution in [0.15, 0.2) is 24.3 Å². The highest BCUT2D eigenvalue weighted by atomic mass is 32.2. The fourth-order valence-corrected chi connectivity index (χ4v) is 1.64. The SMILES string of the molecule is CC(=O)SCC(O)COc1ccc([N+](=O)[O-])cc1. The number of nitrogens with zero attached hydrogens (tertiary/aromatic N) is 1. The molecule has 0 saturated carbocycles. The van der Waals surface area contributed by atoms with Crippen molar-refractivity contribution in [3.05, 3.63) is 34.4 Å². The third-order valence-electron chi connectivity index (χ3n) is 1.97. The largest absolute Gasteiger partial charge is 0.491 e. The zero-order valence-electron chi connectivity index (χ0n) is 9.74. The van der Waals surface area contributed by atoms with Gasteiger partial charge in [0.1, 0.15) is 12.4 Å². The van der Waals surface area contributed by atoms with Gasteiger partial charge in [0.05, 0.1) is 11.0 Å². The van der Waals surface area contributed by atoms with Gasteiger partial charge in [0.25, 0.3) is 5.69 Å². The summed E-state index contributed by atoms with van der Waals surface area (Å²) in [6, 6.07) is 5.57. The van der Waals surface area contributed by atoms with Crippen LogP contribution in [0.25, 0.3) is 0 Å². The van der Waals surface area contributed by atoms with Gasteiger partial charge in [-0.2, -0.15) is 0 Å². The van der Waals surface area contributed by atoms with Gasteiger partial charge in [0, 0.05) is 24.8 Å². The summed E-state index contributed by atoms with van der Waals surface area (Å²) in [4.78, 5) is 20.6. The number of aliphatic hydroxyl groups is 1. The first kappa shape index (κ1) is 14.5. The number of ether oxygens (including phenoxy) is 1. The van der Waals surface area contributed by atoms with E-state index >= 15 is 0 Å². The molecule has 18 heavy (non-hydrogen) atoms. The van der Waals surface area contributed by atoms with Crippen molar-refractivity contribution in [3.63, 3.8) is 0 Å². The van der Waals surface area contributed by atoms with Crippen LogP contribution in [0.3, 0.4) is 0 Å². The number of rotatable bonds is 6. The molecule has 98 valence electrons. The lowest BCUT2D eigenvalue weighted by molar-refractivity contribution is -0.384. The predicted octanol–water partition coefficient (Wildman–Crippen LogP) is 1.61. The summed E-state index contributed by atoms with van der Waals surface area (Å²) in [5.41, 5.74) is -0.0185. The van der Waals surface area contributed by atoms with E-state index in [9.17, 15) is 20.0 Å². The van der Waals surface area contributed by atoms with Gasteiger partial charge < -0.3 is 9.84 Å². The topological polar surface area (TPSA) is 89.7 Å². The monoisotopic (exact) mass is 271 g/mol. The second-order valence-electron chi connectivity index (χ2n) is 3.52. The van der Waals surface area contributed by atoms with Crippen LogP contribution in [0, 0.1) is 10.1 Å². The maximum absolute atomic E-state index is 10.7. The third kappa shape index (κ3) is 5.15. The zero-order chi connectivity index (χ0) is 13.5. The van der Waals surface area contributed by atoms with Gasteiger partial charge in [-0.05, 0) is 12.1 Å². The van der Waals surface area contributed by atoms with Crippen molar-refractivity contribution >= 4 is 22.6 Å². The molecular weight excluding hydrogens is 258 g/mol. The molecule has 1 aromatic rings. The summed E-state index contributed by atoms with van der Waals surface area (Å²) in [6.45, 7) is 1.46. The predicted molar refractivity (Wildman–Crippen MR) is 67.7 cm³/mol. The molecule has 1 rings (SSSR count). The highest BCUT2D eigenvalue weighted by molar-refractivity contribution is 8.13. The molecule has 1 unspecified atom stereocenters. The number of nitro benzene ring substituents is 1. The van der Waals surface area contributed by atoms with E-state index in [4.69, 9.17) is 4.74 Å². The molecule has 0 amide bonds. The Hall–Kier alpha value is -1.60. The normalized spacial score (nSPS) is 11.9. The van der Waals surface area contributed by atoms with E-state index in [0.717, 1.165) is 11.8 Å². The van der Waals surface area contributed by atoms with Gasteiger partial charge in [-0.1, -0.05) is 11.8 Å². The summed E-state index contributed by atoms with van der Waals surface area (Å²) in [5.74, 6) is 0.704. The van der Waals surface area contributed by atoms with Crippen LogP contribution in [-0.4, -0.2) is 33.6 Å². The molecule has 6 nitrogen and oxygen atoms in total. The lowest BCUT2D eigenvalue weighted by Crippen LogP contribution is -2.20. The minimum Gasteiger partial charge on any atom is -0.491 e. The Morgan fingerprint density at radius 3 is 2.61 bits per heavy atom. The molecule has 1 aromatic carbocycles. The van der Waals surface area contributed by atoms with Crippen molar-refractivity contribution in [2.45, 2.75) is 13.0 Å². The Labute approximate surface area is 108 Å². The van der Waals surface area contributed by atoms with Gasteiger partial charge >= 0.3 is 0 Å². The number of nitro groups is 1.